The van der Waals surface area contributed by atoms with Crippen LogP contribution >= 0.6 is 0 Å². The van der Waals surface area contributed by atoms with Gasteiger partial charge in [-0.2, -0.15) is 5.21 Å². The molecule has 1 fully saturated rings. The molecule has 0 spiro atoms. The first-order valence-electron chi connectivity index (χ1n) is 13.2. The van der Waals surface area contributed by atoms with Crippen molar-refractivity contribution in [2.75, 3.05) is 19.6 Å². The average Bonchev–Trinajstić information content (AvgIpc) is 3.71. The monoisotopic (exact) mass is 539 g/mol. The first kappa shape index (κ1) is 25.7. The number of β-amino-alcohol motifs (C(OH)–C–C–N with tert-alkyl or cyclic N) is 1. The number of aliphatic hydroxyl groups excluding tert-OH is 1. The molecule has 1 aliphatic rings. The van der Waals surface area contributed by atoms with Gasteiger partial charge in [-0.3, -0.25) is 14.3 Å². The quantitative estimate of drug-likeness (QED) is 0.259. The molecule has 0 bridgehead atoms. The standard InChI is InChI=1S/C29H29N7O4/c37-23-12-13-35(17-23)18-24(21-4-2-1-3-5-21)30-27(38)15-20-8-11-26-25(14-20)36(29(39)40-26)16-19-6-9-22(10-7-19)28-31-33-34-32-28/h1-11,14,23-24,37H,12-13,15-18H2,(H,30,38)(H,31,32,33,34)/t23-,24?/m0/s1. The number of amides is 1. The normalized spacial score (nSPS) is 16.4. The fourth-order valence-corrected chi connectivity index (χ4v) is 5.18. The Bertz CT molecular complexity index is 1650. The van der Waals surface area contributed by atoms with Crippen molar-refractivity contribution in [3.05, 3.63) is 100 Å². The number of likely N-dealkylation sites (tertiary alicyclic amines) is 1. The first-order chi connectivity index (χ1) is 19.5. The van der Waals surface area contributed by atoms with Crippen LogP contribution in [0.25, 0.3) is 22.5 Å². The number of rotatable bonds is 9. The zero-order chi connectivity index (χ0) is 27.5. The maximum atomic E-state index is 13.2. The van der Waals surface area contributed by atoms with Crippen molar-refractivity contribution >= 4 is 17.0 Å². The van der Waals surface area contributed by atoms with Gasteiger partial charge in [-0.05, 0) is 40.5 Å². The third-order valence-electron chi connectivity index (χ3n) is 7.22. The molecule has 1 aliphatic heterocycles. The summed E-state index contributed by atoms with van der Waals surface area (Å²) in [5.74, 6) is -0.0916. The summed E-state index contributed by atoms with van der Waals surface area (Å²) in [6.45, 7) is 2.34. The Morgan fingerprint density at radius 2 is 1.90 bits per heavy atom. The number of benzene rings is 3. The predicted octanol–water partition coefficient (Wildman–Crippen LogP) is 2.29. The average molecular weight is 540 g/mol. The van der Waals surface area contributed by atoms with Gasteiger partial charge in [-0.25, -0.2) is 4.79 Å². The molecule has 1 saturated heterocycles. The molecule has 204 valence electrons. The van der Waals surface area contributed by atoms with Crippen molar-refractivity contribution in [3.63, 3.8) is 0 Å². The van der Waals surface area contributed by atoms with E-state index in [1.165, 1.54) is 0 Å². The lowest BCUT2D eigenvalue weighted by molar-refractivity contribution is -0.121. The topological polar surface area (TPSA) is 142 Å². The van der Waals surface area contributed by atoms with Gasteiger partial charge in [0.05, 0.1) is 30.6 Å². The van der Waals surface area contributed by atoms with E-state index in [-0.39, 0.29) is 24.5 Å². The lowest BCUT2D eigenvalue weighted by Gasteiger charge is -2.25. The highest BCUT2D eigenvalue weighted by atomic mass is 16.4. The van der Waals surface area contributed by atoms with E-state index in [2.05, 4.69) is 30.8 Å². The molecule has 2 atom stereocenters. The molecule has 0 radical (unpaired) electrons. The van der Waals surface area contributed by atoms with Gasteiger partial charge in [0.2, 0.25) is 11.7 Å². The zero-order valence-corrected chi connectivity index (χ0v) is 21.7. The van der Waals surface area contributed by atoms with Crippen LogP contribution in [0.2, 0.25) is 0 Å². The number of carbonyl (C=O) groups excluding carboxylic acids is 1. The van der Waals surface area contributed by atoms with Gasteiger partial charge >= 0.3 is 5.76 Å². The van der Waals surface area contributed by atoms with Gasteiger partial charge in [-0.1, -0.05) is 60.7 Å². The molecule has 11 heteroatoms. The Hall–Kier alpha value is -4.61. The number of aromatic amines is 1. The summed E-state index contributed by atoms with van der Waals surface area (Å²) in [5, 5.41) is 27.1. The Morgan fingerprint density at radius 3 is 2.62 bits per heavy atom. The molecule has 5 aromatic rings. The minimum Gasteiger partial charge on any atom is -0.408 e. The van der Waals surface area contributed by atoms with Gasteiger partial charge < -0.3 is 14.8 Å². The number of aliphatic hydroxyl groups is 1. The van der Waals surface area contributed by atoms with Gasteiger partial charge in [-0.15, -0.1) is 10.2 Å². The first-order valence-corrected chi connectivity index (χ1v) is 13.2. The van der Waals surface area contributed by atoms with E-state index in [1.54, 1.807) is 10.6 Å². The number of hydrogen-bond donors (Lipinski definition) is 3. The van der Waals surface area contributed by atoms with Crippen molar-refractivity contribution in [1.29, 1.82) is 0 Å². The zero-order valence-electron chi connectivity index (χ0n) is 21.7. The van der Waals surface area contributed by atoms with Crippen LogP contribution in [-0.2, 0) is 17.8 Å². The van der Waals surface area contributed by atoms with Crippen molar-refractivity contribution in [3.8, 4) is 11.4 Å². The molecule has 3 N–H and O–H groups in total. The summed E-state index contributed by atoms with van der Waals surface area (Å²) in [7, 11) is 0. The van der Waals surface area contributed by atoms with E-state index < -0.39 is 5.76 Å². The number of nitrogens with zero attached hydrogens (tertiary/aromatic N) is 5. The van der Waals surface area contributed by atoms with Crippen LogP contribution in [0.4, 0.5) is 0 Å². The Labute approximate surface area is 229 Å². The summed E-state index contributed by atoms with van der Waals surface area (Å²) in [6, 6.07) is 22.6. The van der Waals surface area contributed by atoms with Crippen LogP contribution in [0, 0.1) is 0 Å². The van der Waals surface area contributed by atoms with Crippen molar-refractivity contribution in [2.24, 2.45) is 0 Å². The highest BCUT2D eigenvalue weighted by Crippen LogP contribution is 2.21. The van der Waals surface area contributed by atoms with Gasteiger partial charge in [0.15, 0.2) is 5.58 Å². The number of hydrogen-bond acceptors (Lipinski definition) is 8. The molecule has 1 unspecified atom stereocenters. The SMILES string of the molecule is O=C(Cc1ccc2oc(=O)n(Cc3ccc(-c4nn[nH]n4)cc3)c2c1)NC(CN1CC[C@H](O)C1)c1ccccc1. The Kier molecular flexibility index (Phi) is 7.21. The Morgan fingerprint density at radius 1 is 1.10 bits per heavy atom. The lowest BCUT2D eigenvalue weighted by Crippen LogP contribution is -2.38. The second kappa shape index (κ2) is 11.2. The molecular formula is C29H29N7O4. The van der Waals surface area contributed by atoms with Crippen LogP contribution < -0.4 is 11.1 Å². The summed E-state index contributed by atoms with van der Waals surface area (Å²) in [6.07, 6.45) is 0.570. The lowest BCUT2D eigenvalue weighted by atomic mass is 10.1. The third-order valence-corrected chi connectivity index (χ3v) is 7.22. The molecule has 0 aliphatic carbocycles. The van der Waals surface area contributed by atoms with Crippen LogP contribution in [0.15, 0.2) is 82.0 Å². The molecule has 1 amide bonds. The number of H-pyrrole nitrogens is 1. The molecule has 0 saturated carbocycles. The smallest absolute Gasteiger partial charge is 0.408 e. The second-order valence-corrected chi connectivity index (χ2v) is 10.1. The van der Waals surface area contributed by atoms with E-state index in [0.29, 0.717) is 36.6 Å². The third kappa shape index (κ3) is 5.70. The van der Waals surface area contributed by atoms with Crippen LogP contribution in [0.3, 0.4) is 0 Å². The summed E-state index contributed by atoms with van der Waals surface area (Å²) < 4.78 is 7.03. The van der Waals surface area contributed by atoms with Gasteiger partial charge in [0, 0.05) is 25.2 Å². The van der Waals surface area contributed by atoms with E-state index in [0.717, 1.165) is 35.2 Å². The van der Waals surface area contributed by atoms with Crippen LogP contribution in [0.5, 0.6) is 0 Å². The number of aromatic nitrogens is 5. The van der Waals surface area contributed by atoms with E-state index >= 15 is 0 Å². The number of fused-ring (bicyclic) bond motifs is 1. The van der Waals surface area contributed by atoms with Crippen LogP contribution in [-0.4, -0.2) is 66.8 Å². The Balaban J connectivity index is 1.18. The van der Waals surface area contributed by atoms with Gasteiger partial charge in [0.25, 0.3) is 0 Å². The minimum atomic E-state index is -0.462. The van der Waals surface area contributed by atoms with E-state index in [4.69, 9.17) is 4.42 Å². The van der Waals surface area contributed by atoms with Crippen molar-refractivity contribution in [2.45, 2.75) is 31.5 Å². The van der Waals surface area contributed by atoms with Crippen molar-refractivity contribution in [1.82, 2.24) is 35.4 Å². The maximum Gasteiger partial charge on any atom is 0.420 e. The summed E-state index contributed by atoms with van der Waals surface area (Å²) >= 11 is 0. The number of tetrazole rings is 1. The van der Waals surface area contributed by atoms with Gasteiger partial charge in [0.1, 0.15) is 0 Å². The highest BCUT2D eigenvalue weighted by Gasteiger charge is 2.25. The molecule has 6 rings (SSSR count). The summed E-state index contributed by atoms with van der Waals surface area (Å²) in [4.78, 5) is 28.0. The van der Waals surface area contributed by atoms with Crippen LogP contribution in [0.1, 0.15) is 29.2 Å². The highest BCUT2D eigenvalue weighted by molar-refractivity contribution is 5.81. The molecule has 3 aromatic carbocycles. The van der Waals surface area contributed by atoms with E-state index in [1.807, 2.05) is 66.7 Å². The fourth-order valence-electron chi connectivity index (χ4n) is 5.18. The molecular weight excluding hydrogens is 510 g/mol. The largest absolute Gasteiger partial charge is 0.420 e. The second-order valence-electron chi connectivity index (χ2n) is 10.1. The van der Waals surface area contributed by atoms with Crippen molar-refractivity contribution < 1.29 is 14.3 Å². The van der Waals surface area contributed by atoms with E-state index in [9.17, 15) is 14.7 Å². The molecule has 2 aromatic heterocycles. The molecule has 40 heavy (non-hydrogen) atoms. The number of nitrogens with one attached hydrogen (secondary N) is 2. The fraction of sp³-hybridized carbons (Fsp3) is 0.276. The number of oxazole rings is 1. The molecule has 11 nitrogen and oxygen atoms in total. The number of carbonyl (C=O) groups is 1. The predicted molar refractivity (Wildman–Crippen MR) is 147 cm³/mol. The molecule has 3 heterocycles. The minimum absolute atomic E-state index is 0.123. The maximum absolute atomic E-state index is 13.2. The summed E-state index contributed by atoms with van der Waals surface area (Å²) in [5.41, 5.74) is 4.59.